The minimum atomic E-state index is 0.606. The Bertz CT molecular complexity index is 498. The summed E-state index contributed by atoms with van der Waals surface area (Å²) in [7, 11) is 1.87. The molecule has 0 saturated carbocycles. The molecule has 72 valence electrons. The van der Waals surface area contributed by atoms with E-state index in [2.05, 4.69) is 10.2 Å². The number of halogens is 1. The topological polar surface area (TPSA) is 33.6 Å². The van der Waals surface area contributed by atoms with Gasteiger partial charge in [0.15, 0.2) is 10.6 Å². The minimum Gasteiger partial charge on any atom is -0.303 e. The molecule has 2 rings (SSSR count). The van der Waals surface area contributed by atoms with Crippen molar-refractivity contribution < 1.29 is 0 Å². The van der Waals surface area contributed by atoms with E-state index in [-0.39, 0.29) is 0 Å². The maximum absolute atomic E-state index is 5.79. The molecule has 0 spiro atoms. The summed E-state index contributed by atoms with van der Waals surface area (Å²) in [6.07, 6.45) is 0. The number of rotatable bonds is 1. The molecule has 0 amide bonds. The number of nitrogens with zero attached hydrogens (tertiary/aromatic N) is 2. The van der Waals surface area contributed by atoms with Gasteiger partial charge in [0.25, 0.3) is 0 Å². The Labute approximate surface area is 91.3 Å². The van der Waals surface area contributed by atoms with Gasteiger partial charge in [0.2, 0.25) is 0 Å². The fraction of sp³-hybridized carbons (Fsp3) is 0.111. The predicted octanol–water partition coefficient (Wildman–Crippen LogP) is 2.80. The molecular weight excluding hydrogens is 218 g/mol. The van der Waals surface area contributed by atoms with Gasteiger partial charge in [-0.15, -0.1) is 0 Å². The van der Waals surface area contributed by atoms with Crippen LogP contribution in [-0.2, 0) is 7.05 Å². The first-order valence-corrected chi connectivity index (χ1v) is 4.84. The number of aromatic nitrogens is 3. The van der Waals surface area contributed by atoms with Crippen LogP contribution < -0.4 is 0 Å². The summed E-state index contributed by atoms with van der Waals surface area (Å²) < 4.78 is 2.42. The van der Waals surface area contributed by atoms with Crippen molar-refractivity contribution in [3.05, 3.63) is 34.1 Å². The summed E-state index contributed by atoms with van der Waals surface area (Å²) in [5, 5.41) is 7.56. The van der Waals surface area contributed by atoms with Crippen molar-refractivity contribution in [3.8, 4) is 11.4 Å². The number of benzene rings is 1. The third-order valence-corrected chi connectivity index (χ3v) is 2.60. The van der Waals surface area contributed by atoms with Crippen LogP contribution in [-0.4, -0.2) is 14.8 Å². The normalized spacial score (nSPS) is 10.4. The highest BCUT2D eigenvalue weighted by atomic mass is 35.5. The fourth-order valence-corrected chi connectivity index (χ4v) is 1.46. The van der Waals surface area contributed by atoms with Gasteiger partial charge >= 0.3 is 0 Å². The van der Waals surface area contributed by atoms with Crippen LogP contribution >= 0.6 is 23.8 Å². The summed E-state index contributed by atoms with van der Waals surface area (Å²) in [5.74, 6) is 0.812. The molecule has 1 N–H and O–H groups in total. The van der Waals surface area contributed by atoms with Crippen molar-refractivity contribution in [2.24, 2.45) is 7.05 Å². The smallest absolute Gasteiger partial charge is 0.195 e. The van der Waals surface area contributed by atoms with Crippen LogP contribution in [0.2, 0.25) is 5.02 Å². The standard InChI is InChI=1S/C9H8ClN3S/c1-13-8(11-12-9(13)14)6-2-4-7(10)5-3-6/h2-5H,1H3,(H,12,14). The summed E-state index contributed by atoms with van der Waals surface area (Å²) in [6.45, 7) is 0. The predicted molar refractivity (Wildman–Crippen MR) is 58.8 cm³/mol. The molecule has 0 fully saturated rings. The van der Waals surface area contributed by atoms with E-state index in [1.807, 2.05) is 35.9 Å². The summed E-state index contributed by atoms with van der Waals surface area (Å²) in [5.41, 5.74) is 0.990. The van der Waals surface area contributed by atoms with Crippen LogP contribution in [0.4, 0.5) is 0 Å². The van der Waals surface area contributed by atoms with E-state index in [4.69, 9.17) is 23.8 Å². The maximum atomic E-state index is 5.79. The largest absolute Gasteiger partial charge is 0.303 e. The van der Waals surface area contributed by atoms with Gasteiger partial charge in [0, 0.05) is 17.6 Å². The molecule has 0 aliphatic heterocycles. The van der Waals surface area contributed by atoms with Crippen LogP contribution in [0, 0.1) is 4.77 Å². The first kappa shape index (κ1) is 9.43. The fourth-order valence-electron chi connectivity index (χ4n) is 1.20. The summed E-state index contributed by atoms with van der Waals surface area (Å²) in [4.78, 5) is 0. The van der Waals surface area contributed by atoms with Gasteiger partial charge in [-0.1, -0.05) is 11.6 Å². The number of aromatic amines is 1. The van der Waals surface area contributed by atoms with E-state index in [9.17, 15) is 0 Å². The molecule has 0 bridgehead atoms. The molecule has 0 saturated heterocycles. The zero-order valence-electron chi connectivity index (χ0n) is 7.49. The monoisotopic (exact) mass is 225 g/mol. The van der Waals surface area contributed by atoms with Crippen molar-refractivity contribution in [3.63, 3.8) is 0 Å². The molecule has 0 atom stereocenters. The quantitative estimate of drug-likeness (QED) is 0.758. The molecular formula is C9H8ClN3S. The third-order valence-electron chi connectivity index (χ3n) is 1.98. The summed E-state index contributed by atoms with van der Waals surface area (Å²) >= 11 is 10.8. The van der Waals surface area contributed by atoms with Crippen LogP contribution in [0.5, 0.6) is 0 Å². The maximum Gasteiger partial charge on any atom is 0.195 e. The SMILES string of the molecule is Cn1c(-c2ccc(Cl)cc2)n[nH]c1=S. The van der Waals surface area contributed by atoms with Gasteiger partial charge in [0.05, 0.1) is 0 Å². The zero-order valence-corrected chi connectivity index (χ0v) is 9.06. The Morgan fingerprint density at radius 1 is 1.36 bits per heavy atom. The molecule has 0 unspecified atom stereocenters. The lowest BCUT2D eigenvalue weighted by molar-refractivity contribution is 0.902. The molecule has 0 aliphatic carbocycles. The first-order valence-electron chi connectivity index (χ1n) is 4.06. The average Bonchev–Trinajstić information content (AvgIpc) is 2.50. The lowest BCUT2D eigenvalue weighted by atomic mass is 10.2. The highest BCUT2D eigenvalue weighted by Gasteiger charge is 2.04. The first-order chi connectivity index (χ1) is 6.68. The second-order valence-electron chi connectivity index (χ2n) is 2.92. The van der Waals surface area contributed by atoms with E-state index >= 15 is 0 Å². The Kier molecular flexibility index (Phi) is 2.39. The van der Waals surface area contributed by atoms with Gasteiger partial charge in [-0.05, 0) is 36.5 Å². The Hall–Kier alpha value is -1.13. The van der Waals surface area contributed by atoms with E-state index in [0.717, 1.165) is 11.4 Å². The molecule has 14 heavy (non-hydrogen) atoms. The van der Waals surface area contributed by atoms with Gasteiger partial charge < -0.3 is 4.57 Å². The lowest BCUT2D eigenvalue weighted by Crippen LogP contribution is -1.91. The van der Waals surface area contributed by atoms with E-state index in [1.165, 1.54) is 0 Å². The molecule has 3 nitrogen and oxygen atoms in total. The Morgan fingerprint density at radius 2 is 2.00 bits per heavy atom. The van der Waals surface area contributed by atoms with Crippen molar-refractivity contribution in [2.45, 2.75) is 0 Å². The molecule has 2 aromatic rings. The highest BCUT2D eigenvalue weighted by molar-refractivity contribution is 7.71. The third kappa shape index (κ3) is 1.58. The van der Waals surface area contributed by atoms with Gasteiger partial charge in [-0.2, -0.15) is 5.10 Å². The Balaban J connectivity index is 2.55. The van der Waals surface area contributed by atoms with Crippen LogP contribution in [0.1, 0.15) is 0 Å². The van der Waals surface area contributed by atoms with Gasteiger partial charge in [-0.3, -0.25) is 5.10 Å². The summed E-state index contributed by atoms with van der Waals surface area (Å²) in [6, 6.07) is 7.48. The zero-order chi connectivity index (χ0) is 10.1. The second-order valence-corrected chi connectivity index (χ2v) is 3.74. The average molecular weight is 226 g/mol. The van der Waals surface area contributed by atoms with Crippen LogP contribution in [0.25, 0.3) is 11.4 Å². The van der Waals surface area contributed by atoms with E-state index < -0.39 is 0 Å². The van der Waals surface area contributed by atoms with Crippen molar-refractivity contribution in [2.75, 3.05) is 0 Å². The number of hydrogen-bond acceptors (Lipinski definition) is 2. The molecule has 1 heterocycles. The van der Waals surface area contributed by atoms with E-state index in [0.29, 0.717) is 9.79 Å². The molecule has 0 aliphatic rings. The molecule has 1 aromatic carbocycles. The number of nitrogens with one attached hydrogen (secondary N) is 1. The highest BCUT2D eigenvalue weighted by Crippen LogP contribution is 2.18. The van der Waals surface area contributed by atoms with Crippen molar-refractivity contribution >= 4 is 23.8 Å². The Morgan fingerprint density at radius 3 is 2.50 bits per heavy atom. The van der Waals surface area contributed by atoms with Gasteiger partial charge in [0.1, 0.15) is 0 Å². The van der Waals surface area contributed by atoms with Crippen molar-refractivity contribution in [1.29, 1.82) is 0 Å². The second kappa shape index (κ2) is 3.55. The van der Waals surface area contributed by atoms with Gasteiger partial charge in [-0.25, -0.2) is 0 Å². The minimum absolute atomic E-state index is 0.606. The van der Waals surface area contributed by atoms with Crippen molar-refractivity contribution in [1.82, 2.24) is 14.8 Å². The number of H-pyrrole nitrogens is 1. The van der Waals surface area contributed by atoms with Crippen LogP contribution in [0.15, 0.2) is 24.3 Å². The lowest BCUT2D eigenvalue weighted by Gasteiger charge is -1.99. The van der Waals surface area contributed by atoms with Crippen LogP contribution in [0.3, 0.4) is 0 Å². The van der Waals surface area contributed by atoms with E-state index in [1.54, 1.807) is 0 Å². The molecule has 0 radical (unpaired) electrons. The molecule has 1 aromatic heterocycles. The number of hydrogen-bond donors (Lipinski definition) is 1. The molecule has 5 heteroatoms.